The summed E-state index contributed by atoms with van der Waals surface area (Å²) in [6.45, 7) is 9.30. The SMILES string of the molecule is CCCN(CCC)c1cc(NCc2ccc3c(c2)OCO3)nc(C)n1. The van der Waals surface area contributed by atoms with Crippen molar-refractivity contribution in [3.63, 3.8) is 0 Å². The fourth-order valence-electron chi connectivity index (χ4n) is 2.93. The summed E-state index contributed by atoms with van der Waals surface area (Å²) >= 11 is 0. The molecule has 0 saturated heterocycles. The lowest BCUT2D eigenvalue weighted by Crippen LogP contribution is -2.26. The molecule has 0 fully saturated rings. The van der Waals surface area contributed by atoms with E-state index >= 15 is 0 Å². The normalized spacial score (nSPS) is 12.3. The van der Waals surface area contributed by atoms with Crippen LogP contribution in [0.25, 0.3) is 0 Å². The molecule has 0 spiro atoms. The molecule has 6 nitrogen and oxygen atoms in total. The molecule has 6 heteroatoms. The van der Waals surface area contributed by atoms with Gasteiger partial charge in [-0.2, -0.15) is 0 Å². The van der Waals surface area contributed by atoms with Gasteiger partial charge in [-0.3, -0.25) is 0 Å². The highest BCUT2D eigenvalue weighted by atomic mass is 16.7. The highest BCUT2D eigenvalue weighted by molar-refractivity contribution is 5.50. The third-order valence-corrected chi connectivity index (χ3v) is 4.05. The molecule has 0 saturated carbocycles. The average Bonchev–Trinajstić information content (AvgIpc) is 3.07. The predicted molar refractivity (Wildman–Crippen MR) is 99.5 cm³/mol. The van der Waals surface area contributed by atoms with E-state index in [-0.39, 0.29) is 0 Å². The van der Waals surface area contributed by atoms with Gasteiger partial charge in [-0.25, -0.2) is 9.97 Å². The molecule has 0 bridgehead atoms. The first-order valence-corrected chi connectivity index (χ1v) is 8.92. The summed E-state index contributed by atoms with van der Waals surface area (Å²) in [5.74, 6) is 4.22. The van der Waals surface area contributed by atoms with Crippen molar-refractivity contribution in [3.8, 4) is 11.5 Å². The van der Waals surface area contributed by atoms with Gasteiger partial charge in [-0.05, 0) is 37.5 Å². The van der Waals surface area contributed by atoms with E-state index in [2.05, 4.69) is 34.0 Å². The summed E-state index contributed by atoms with van der Waals surface area (Å²) in [5, 5.41) is 3.40. The Morgan fingerprint density at radius 3 is 2.56 bits per heavy atom. The number of aromatic nitrogens is 2. The molecular weight excluding hydrogens is 316 g/mol. The van der Waals surface area contributed by atoms with Gasteiger partial charge < -0.3 is 19.7 Å². The smallest absolute Gasteiger partial charge is 0.231 e. The zero-order chi connectivity index (χ0) is 17.6. The lowest BCUT2D eigenvalue weighted by molar-refractivity contribution is 0.174. The van der Waals surface area contributed by atoms with Gasteiger partial charge in [-0.1, -0.05) is 19.9 Å². The van der Waals surface area contributed by atoms with Gasteiger partial charge in [0.1, 0.15) is 17.5 Å². The van der Waals surface area contributed by atoms with Gasteiger partial charge in [0.2, 0.25) is 6.79 Å². The van der Waals surface area contributed by atoms with Crippen molar-refractivity contribution >= 4 is 11.6 Å². The van der Waals surface area contributed by atoms with E-state index in [1.165, 1.54) is 0 Å². The van der Waals surface area contributed by atoms with E-state index in [4.69, 9.17) is 9.47 Å². The Morgan fingerprint density at radius 2 is 1.80 bits per heavy atom. The van der Waals surface area contributed by atoms with E-state index in [0.717, 1.165) is 60.5 Å². The Hall–Kier alpha value is -2.50. The number of nitrogens with one attached hydrogen (secondary N) is 1. The Morgan fingerprint density at radius 1 is 1.04 bits per heavy atom. The molecule has 1 aromatic heterocycles. The van der Waals surface area contributed by atoms with Crippen molar-refractivity contribution in [1.29, 1.82) is 0 Å². The van der Waals surface area contributed by atoms with Crippen LogP contribution in [-0.4, -0.2) is 29.9 Å². The minimum Gasteiger partial charge on any atom is -0.454 e. The van der Waals surface area contributed by atoms with Crippen LogP contribution in [0.2, 0.25) is 0 Å². The zero-order valence-electron chi connectivity index (χ0n) is 15.2. The Balaban J connectivity index is 1.71. The van der Waals surface area contributed by atoms with Crippen LogP contribution in [0, 0.1) is 6.92 Å². The van der Waals surface area contributed by atoms with Crippen LogP contribution >= 0.6 is 0 Å². The lowest BCUT2D eigenvalue weighted by Gasteiger charge is -2.23. The molecule has 0 unspecified atom stereocenters. The van der Waals surface area contributed by atoms with Crippen molar-refractivity contribution in [2.24, 2.45) is 0 Å². The van der Waals surface area contributed by atoms with Crippen molar-refractivity contribution in [1.82, 2.24) is 9.97 Å². The van der Waals surface area contributed by atoms with E-state index in [0.29, 0.717) is 13.3 Å². The number of hydrogen-bond donors (Lipinski definition) is 1. The van der Waals surface area contributed by atoms with E-state index in [1.807, 2.05) is 31.2 Å². The first-order chi connectivity index (χ1) is 12.2. The van der Waals surface area contributed by atoms with Gasteiger partial charge in [0, 0.05) is 25.7 Å². The molecule has 1 aromatic carbocycles. The number of benzene rings is 1. The summed E-state index contributed by atoms with van der Waals surface area (Å²) in [6, 6.07) is 8.02. The van der Waals surface area contributed by atoms with Gasteiger partial charge >= 0.3 is 0 Å². The fraction of sp³-hybridized carbons (Fsp3) is 0.474. The summed E-state index contributed by atoms with van der Waals surface area (Å²) in [6.07, 6.45) is 2.20. The third kappa shape index (κ3) is 4.32. The molecule has 0 aliphatic carbocycles. The Bertz CT molecular complexity index is 715. The highest BCUT2D eigenvalue weighted by Crippen LogP contribution is 2.32. The second-order valence-electron chi connectivity index (χ2n) is 6.19. The standard InChI is InChI=1S/C19H26N4O2/c1-4-8-23(9-5-2)19-11-18(21-14(3)22-19)20-12-15-6-7-16-17(10-15)25-13-24-16/h6-7,10-11H,4-5,8-9,12-13H2,1-3H3,(H,20,21,22). The Labute approximate surface area is 149 Å². The van der Waals surface area contributed by atoms with Crippen LogP contribution in [-0.2, 0) is 6.54 Å². The van der Waals surface area contributed by atoms with E-state index in [9.17, 15) is 0 Å². The van der Waals surface area contributed by atoms with Crippen LogP contribution in [0.3, 0.4) is 0 Å². The van der Waals surface area contributed by atoms with Gasteiger partial charge in [-0.15, -0.1) is 0 Å². The maximum absolute atomic E-state index is 5.43. The number of nitrogens with zero attached hydrogens (tertiary/aromatic N) is 3. The molecule has 0 atom stereocenters. The summed E-state index contributed by atoms with van der Waals surface area (Å²) in [5.41, 5.74) is 1.13. The Kier molecular flexibility index (Phi) is 5.58. The van der Waals surface area contributed by atoms with Crippen molar-refractivity contribution < 1.29 is 9.47 Å². The first-order valence-electron chi connectivity index (χ1n) is 8.92. The van der Waals surface area contributed by atoms with Gasteiger partial charge in [0.05, 0.1) is 0 Å². The molecular formula is C19H26N4O2. The molecule has 1 aliphatic heterocycles. The summed E-state index contributed by atoms with van der Waals surface area (Å²) < 4.78 is 10.8. The first kappa shape index (κ1) is 17.3. The van der Waals surface area contributed by atoms with Crippen molar-refractivity contribution in [2.45, 2.75) is 40.2 Å². The molecule has 1 aliphatic rings. The number of rotatable bonds is 8. The molecule has 1 N–H and O–H groups in total. The highest BCUT2D eigenvalue weighted by Gasteiger charge is 2.13. The molecule has 134 valence electrons. The van der Waals surface area contributed by atoms with Crippen LogP contribution in [0.1, 0.15) is 38.1 Å². The maximum Gasteiger partial charge on any atom is 0.231 e. The van der Waals surface area contributed by atoms with Crippen LogP contribution in [0.5, 0.6) is 11.5 Å². The van der Waals surface area contributed by atoms with Crippen LogP contribution in [0.4, 0.5) is 11.6 Å². The van der Waals surface area contributed by atoms with E-state index < -0.39 is 0 Å². The maximum atomic E-state index is 5.43. The summed E-state index contributed by atoms with van der Waals surface area (Å²) in [7, 11) is 0. The number of fused-ring (bicyclic) bond motifs is 1. The molecule has 2 aromatic rings. The molecule has 2 heterocycles. The molecule has 25 heavy (non-hydrogen) atoms. The van der Waals surface area contributed by atoms with Crippen LogP contribution in [0.15, 0.2) is 24.3 Å². The second kappa shape index (κ2) is 8.05. The monoisotopic (exact) mass is 342 g/mol. The molecule has 3 rings (SSSR count). The van der Waals surface area contributed by atoms with Gasteiger partial charge in [0.15, 0.2) is 11.5 Å². The van der Waals surface area contributed by atoms with E-state index in [1.54, 1.807) is 0 Å². The quantitative estimate of drug-likeness (QED) is 0.788. The summed E-state index contributed by atoms with van der Waals surface area (Å²) in [4.78, 5) is 11.5. The minimum absolute atomic E-state index is 0.297. The predicted octanol–water partition coefficient (Wildman–Crippen LogP) is 3.75. The van der Waals surface area contributed by atoms with Crippen LogP contribution < -0.4 is 19.7 Å². The third-order valence-electron chi connectivity index (χ3n) is 4.05. The number of aryl methyl sites for hydroxylation is 1. The average molecular weight is 342 g/mol. The second-order valence-corrected chi connectivity index (χ2v) is 6.19. The topological polar surface area (TPSA) is 59.5 Å². The van der Waals surface area contributed by atoms with Crippen molar-refractivity contribution in [2.75, 3.05) is 30.1 Å². The minimum atomic E-state index is 0.297. The lowest BCUT2D eigenvalue weighted by atomic mass is 10.2. The number of ether oxygens (including phenoxy) is 2. The number of anilines is 2. The van der Waals surface area contributed by atoms with Gasteiger partial charge in [0.25, 0.3) is 0 Å². The molecule has 0 radical (unpaired) electrons. The largest absolute Gasteiger partial charge is 0.454 e. The molecule has 0 amide bonds. The fourth-order valence-corrected chi connectivity index (χ4v) is 2.93. The number of hydrogen-bond acceptors (Lipinski definition) is 6. The zero-order valence-corrected chi connectivity index (χ0v) is 15.2. The van der Waals surface area contributed by atoms with Crippen molar-refractivity contribution in [3.05, 3.63) is 35.7 Å².